The maximum Gasteiger partial charge on any atom is 0.410 e. The summed E-state index contributed by atoms with van der Waals surface area (Å²) < 4.78 is 11.2. The third-order valence-corrected chi connectivity index (χ3v) is 4.14. The van der Waals surface area contributed by atoms with Gasteiger partial charge in [-0.05, 0) is 65.1 Å². The number of hydrogen-bond donors (Lipinski definition) is 1. The number of carbonyl (C=O) groups excluding carboxylic acids is 1. The van der Waals surface area contributed by atoms with Gasteiger partial charge in [0, 0.05) is 19.1 Å². The van der Waals surface area contributed by atoms with E-state index in [0.717, 1.165) is 44.6 Å². The van der Waals surface area contributed by atoms with Gasteiger partial charge in [0.1, 0.15) is 11.4 Å². The lowest BCUT2D eigenvalue weighted by Gasteiger charge is -2.37. The average molecular weight is 348 g/mol. The number of nitrogens with zero attached hydrogens (tertiary/aromatic N) is 1. The molecule has 1 heterocycles. The first kappa shape index (κ1) is 19.6. The first-order valence-corrected chi connectivity index (χ1v) is 9.34. The van der Waals surface area contributed by atoms with Gasteiger partial charge in [0.25, 0.3) is 0 Å². The molecule has 1 N–H and O–H groups in total. The Balaban J connectivity index is 1.66. The van der Waals surface area contributed by atoms with E-state index in [9.17, 15) is 4.79 Å². The highest BCUT2D eigenvalue weighted by atomic mass is 16.6. The van der Waals surface area contributed by atoms with Crippen LogP contribution < -0.4 is 10.1 Å². The van der Waals surface area contributed by atoms with Crippen molar-refractivity contribution in [1.29, 1.82) is 0 Å². The molecule has 1 atom stereocenters. The Kier molecular flexibility index (Phi) is 7.56. The molecule has 0 saturated carbocycles. The number of piperidine rings is 1. The zero-order valence-electron chi connectivity index (χ0n) is 15.8. The van der Waals surface area contributed by atoms with E-state index in [0.29, 0.717) is 6.61 Å². The lowest BCUT2D eigenvalue weighted by molar-refractivity contribution is 0.00995. The van der Waals surface area contributed by atoms with Crippen molar-refractivity contribution >= 4 is 6.09 Å². The SMILES string of the molecule is CC(C)(C)OC(=O)N1CCCCC1CNCCCOc1ccccc1. The second kappa shape index (κ2) is 9.66. The molecule has 5 heteroatoms. The van der Waals surface area contributed by atoms with Crippen LogP contribution >= 0.6 is 0 Å². The summed E-state index contributed by atoms with van der Waals surface area (Å²) in [5, 5.41) is 3.46. The quantitative estimate of drug-likeness (QED) is 0.761. The summed E-state index contributed by atoms with van der Waals surface area (Å²) in [5.74, 6) is 0.908. The molecule has 5 nitrogen and oxygen atoms in total. The summed E-state index contributed by atoms with van der Waals surface area (Å²) in [6.07, 6.45) is 4.01. The standard InChI is InChI=1S/C20H32N2O3/c1-20(2,3)25-19(23)22-14-8-7-10-17(22)16-21-13-9-15-24-18-11-5-4-6-12-18/h4-6,11-12,17,21H,7-10,13-16H2,1-3H3. The fourth-order valence-electron chi connectivity index (χ4n) is 2.95. The molecule has 0 aromatic heterocycles. The summed E-state index contributed by atoms with van der Waals surface area (Å²) in [5.41, 5.74) is -0.443. The maximum atomic E-state index is 12.4. The van der Waals surface area contributed by atoms with E-state index in [4.69, 9.17) is 9.47 Å². The Morgan fingerprint density at radius 1 is 1.24 bits per heavy atom. The van der Waals surface area contributed by atoms with Crippen molar-refractivity contribution in [3.63, 3.8) is 0 Å². The molecule has 0 aliphatic carbocycles. The van der Waals surface area contributed by atoms with E-state index in [1.807, 2.05) is 56.0 Å². The Hall–Kier alpha value is -1.75. The van der Waals surface area contributed by atoms with Crippen molar-refractivity contribution in [2.45, 2.75) is 58.1 Å². The maximum absolute atomic E-state index is 12.4. The lowest BCUT2D eigenvalue weighted by atomic mass is 10.0. The highest BCUT2D eigenvalue weighted by molar-refractivity contribution is 5.68. The molecule has 140 valence electrons. The second-order valence-electron chi connectivity index (χ2n) is 7.54. The van der Waals surface area contributed by atoms with Gasteiger partial charge < -0.3 is 19.7 Å². The van der Waals surface area contributed by atoms with Gasteiger partial charge in [0.15, 0.2) is 0 Å². The van der Waals surface area contributed by atoms with Crippen LogP contribution in [0.1, 0.15) is 46.5 Å². The van der Waals surface area contributed by atoms with Gasteiger partial charge in [-0.2, -0.15) is 0 Å². The molecule has 2 rings (SSSR count). The van der Waals surface area contributed by atoms with Crippen molar-refractivity contribution in [2.75, 3.05) is 26.2 Å². The van der Waals surface area contributed by atoms with Crippen molar-refractivity contribution in [2.24, 2.45) is 0 Å². The lowest BCUT2D eigenvalue weighted by Crippen LogP contribution is -2.50. The fourth-order valence-corrected chi connectivity index (χ4v) is 2.95. The molecule has 25 heavy (non-hydrogen) atoms. The smallest absolute Gasteiger partial charge is 0.410 e. The minimum atomic E-state index is -0.443. The van der Waals surface area contributed by atoms with E-state index >= 15 is 0 Å². The largest absolute Gasteiger partial charge is 0.494 e. The van der Waals surface area contributed by atoms with Crippen molar-refractivity contribution in [3.05, 3.63) is 30.3 Å². The topological polar surface area (TPSA) is 50.8 Å². The Labute approximate surface area is 151 Å². The minimum Gasteiger partial charge on any atom is -0.494 e. The first-order chi connectivity index (χ1) is 12.0. The fraction of sp³-hybridized carbons (Fsp3) is 0.650. The first-order valence-electron chi connectivity index (χ1n) is 9.34. The predicted octanol–water partition coefficient (Wildman–Crippen LogP) is 3.83. The summed E-state index contributed by atoms with van der Waals surface area (Å²) in [6.45, 7) is 8.91. The summed E-state index contributed by atoms with van der Waals surface area (Å²) in [4.78, 5) is 14.3. The average Bonchev–Trinajstić information content (AvgIpc) is 2.57. The van der Waals surface area contributed by atoms with E-state index in [1.54, 1.807) is 0 Å². The molecule has 1 amide bonds. The van der Waals surface area contributed by atoms with Crippen LogP contribution in [0, 0.1) is 0 Å². The third kappa shape index (κ3) is 7.34. The zero-order chi connectivity index (χ0) is 18.1. The number of carbonyl (C=O) groups is 1. The van der Waals surface area contributed by atoms with Crippen LogP contribution in [0.15, 0.2) is 30.3 Å². The molecule has 0 radical (unpaired) electrons. The van der Waals surface area contributed by atoms with Crippen molar-refractivity contribution in [1.82, 2.24) is 10.2 Å². The molecular formula is C20H32N2O3. The van der Waals surface area contributed by atoms with Crippen molar-refractivity contribution in [3.8, 4) is 5.75 Å². The zero-order valence-corrected chi connectivity index (χ0v) is 15.8. The number of para-hydroxylation sites is 1. The molecular weight excluding hydrogens is 316 g/mol. The molecule has 1 aliphatic rings. The number of nitrogens with one attached hydrogen (secondary N) is 1. The van der Waals surface area contributed by atoms with Crippen LogP contribution in [0.25, 0.3) is 0 Å². The van der Waals surface area contributed by atoms with E-state index < -0.39 is 5.60 Å². The van der Waals surface area contributed by atoms with Crippen molar-refractivity contribution < 1.29 is 14.3 Å². The number of rotatable bonds is 7. The number of hydrogen-bond acceptors (Lipinski definition) is 4. The van der Waals surface area contributed by atoms with E-state index in [-0.39, 0.29) is 12.1 Å². The molecule has 1 saturated heterocycles. The number of ether oxygens (including phenoxy) is 2. The van der Waals surface area contributed by atoms with Crippen LogP contribution in [0.5, 0.6) is 5.75 Å². The monoisotopic (exact) mass is 348 g/mol. The molecule has 1 aliphatic heterocycles. The summed E-state index contributed by atoms with van der Waals surface area (Å²) >= 11 is 0. The van der Waals surface area contributed by atoms with Gasteiger partial charge in [0.2, 0.25) is 0 Å². The van der Waals surface area contributed by atoms with Gasteiger partial charge in [0.05, 0.1) is 6.61 Å². The molecule has 0 bridgehead atoms. The van der Waals surface area contributed by atoms with E-state index in [2.05, 4.69) is 5.32 Å². The molecule has 0 spiro atoms. The van der Waals surface area contributed by atoms with Gasteiger partial charge in [-0.3, -0.25) is 0 Å². The van der Waals surface area contributed by atoms with Crippen LogP contribution in [0.2, 0.25) is 0 Å². The normalized spacial score (nSPS) is 18.0. The Morgan fingerprint density at radius 2 is 2.00 bits per heavy atom. The number of likely N-dealkylation sites (tertiary alicyclic amines) is 1. The predicted molar refractivity (Wildman–Crippen MR) is 100 cm³/mol. The third-order valence-electron chi connectivity index (χ3n) is 4.14. The van der Waals surface area contributed by atoms with Gasteiger partial charge >= 0.3 is 6.09 Å². The van der Waals surface area contributed by atoms with Gasteiger partial charge in [-0.15, -0.1) is 0 Å². The van der Waals surface area contributed by atoms with Crippen LogP contribution in [0.3, 0.4) is 0 Å². The van der Waals surface area contributed by atoms with E-state index in [1.165, 1.54) is 6.42 Å². The molecule has 1 aromatic carbocycles. The molecule has 1 aromatic rings. The summed E-state index contributed by atoms with van der Waals surface area (Å²) in [6, 6.07) is 10.1. The van der Waals surface area contributed by atoms with Gasteiger partial charge in [-0.25, -0.2) is 4.79 Å². The molecule has 1 fully saturated rings. The number of amides is 1. The highest BCUT2D eigenvalue weighted by Crippen LogP contribution is 2.20. The van der Waals surface area contributed by atoms with Gasteiger partial charge in [-0.1, -0.05) is 18.2 Å². The number of benzene rings is 1. The van der Waals surface area contributed by atoms with Crippen LogP contribution in [-0.2, 0) is 4.74 Å². The minimum absolute atomic E-state index is 0.189. The van der Waals surface area contributed by atoms with Crippen LogP contribution in [-0.4, -0.2) is 48.9 Å². The second-order valence-corrected chi connectivity index (χ2v) is 7.54. The Bertz CT molecular complexity index is 513. The van der Waals surface area contributed by atoms with Crippen LogP contribution in [0.4, 0.5) is 4.79 Å². The molecule has 1 unspecified atom stereocenters. The highest BCUT2D eigenvalue weighted by Gasteiger charge is 2.29. The summed E-state index contributed by atoms with van der Waals surface area (Å²) in [7, 11) is 0. The Morgan fingerprint density at radius 3 is 2.72 bits per heavy atom.